The zero-order chi connectivity index (χ0) is 12.3. The van der Waals surface area contributed by atoms with E-state index in [0.717, 1.165) is 5.56 Å². The summed E-state index contributed by atoms with van der Waals surface area (Å²) in [7, 11) is 1.30. The topological polar surface area (TPSA) is 107 Å². The number of esters is 1. The third kappa shape index (κ3) is 2.28. The first kappa shape index (κ1) is 11.2. The van der Waals surface area contributed by atoms with Crippen LogP contribution in [-0.4, -0.2) is 33.7 Å². The third-order valence-electron chi connectivity index (χ3n) is 2.30. The molecule has 0 amide bonds. The monoisotopic (exact) mass is 233 g/mol. The maximum atomic E-state index is 11.3. The number of hydrogen-bond acceptors (Lipinski definition) is 6. The molecule has 1 unspecified atom stereocenters. The van der Waals surface area contributed by atoms with Gasteiger partial charge in [-0.2, -0.15) is 5.21 Å². The maximum Gasteiger partial charge on any atom is 0.327 e. The molecule has 0 fully saturated rings. The van der Waals surface area contributed by atoms with E-state index >= 15 is 0 Å². The van der Waals surface area contributed by atoms with Gasteiger partial charge >= 0.3 is 5.97 Å². The molecular weight excluding hydrogens is 222 g/mol. The number of aromatic nitrogens is 4. The molecule has 0 spiro atoms. The highest BCUT2D eigenvalue weighted by atomic mass is 16.5. The molecule has 88 valence electrons. The lowest BCUT2D eigenvalue weighted by Gasteiger charge is -2.09. The number of H-pyrrole nitrogens is 1. The van der Waals surface area contributed by atoms with Crippen molar-refractivity contribution in [3.8, 4) is 11.4 Å². The van der Waals surface area contributed by atoms with E-state index in [1.165, 1.54) is 7.11 Å². The van der Waals surface area contributed by atoms with Crippen molar-refractivity contribution < 1.29 is 9.53 Å². The second-order valence-electron chi connectivity index (χ2n) is 3.36. The summed E-state index contributed by atoms with van der Waals surface area (Å²) in [5.41, 5.74) is 7.10. The highest BCUT2D eigenvalue weighted by Gasteiger charge is 2.17. The van der Waals surface area contributed by atoms with E-state index in [1.807, 2.05) is 0 Å². The smallest absolute Gasteiger partial charge is 0.327 e. The van der Waals surface area contributed by atoms with E-state index in [0.29, 0.717) is 11.4 Å². The van der Waals surface area contributed by atoms with E-state index in [9.17, 15) is 4.79 Å². The molecule has 0 aliphatic carbocycles. The molecule has 1 aromatic carbocycles. The van der Waals surface area contributed by atoms with Gasteiger partial charge in [0.15, 0.2) is 0 Å². The van der Waals surface area contributed by atoms with E-state index in [1.54, 1.807) is 24.3 Å². The number of ether oxygens (including phenoxy) is 1. The predicted octanol–water partition coefficient (Wildman–Crippen LogP) is 0.0395. The summed E-state index contributed by atoms with van der Waals surface area (Å²) < 4.78 is 4.58. The minimum absolute atomic E-state index is 0.448. The standard InChI is InChI=1S/C10H11N5O2/c1-17-10(16)8(11)6-3-2-4-7(5-6)9-12-14-15-13-9/h2-5,8H,11H2,1H3,(H,12,13,14,15). The Balaban J connectivity index is 2.32. The number of tetrazole rings is 1. The van der Waals surface area contributed by atoms with E-state index in [-0.39, 0.29) is 0 Å². The van der Waals surface area contributed by atoms with Crippen molar-refractivity contribution in [2.45, 2.75) is 6.04 Å². The Morgan fingerprint density at radius 3 is 3.00 bits per heavy atom. The number of methoxy groups -OCH3 is 1. The van der Waals surface area contributed by atoms with Crippen molar-refractivity contribution in [1.29, 1.82) is 0 Å². The van der Waals surface area contributed by atoms with Gasteiger partial charge in [0.05, 0.1) is 7.11 Å². The highest BCUT2D eigenvalue weighted by molar-refractivity contribution is 5.77. The number of nitrogens with two attached hydrogens (primary N) is 1. The molecule has 2 aromatic rings. The molecule has 2 rings (SSSR count). The lowest BCUT2D eigenvalue weighted by Crippen LogP contribution is -2.22. The fraction of sp³-hybridized carbons (Fsp3) is 0.200. The van der Waals surface area contributed by atoms with Gasteiger partial charge in [-0.05, 0) is 16.8 Å². The largest absolute Gasteiger partial charge is 0.468 e. The van der Waals surface area contributed by atoms with Crippen LogP contribution in [0.1, 0.15) is 11.6 Å². The summed E-state index contributed by atoms with van der Waals surface area (Å²) in [6.07, 6.45) is 0. The molecule has 0 radical (unpaired) electrons. The molecule has 0 saturated carbocycles. The van der Waals surface area contributed by atoms with Gasteiger partial charge in [0.25, 0.3) is 0 Å². The number of aromatic amines is 1. The quantitative estimate of drug-likeness (QED) is 0.725. The van der Waals surface area contributed by atoms with Gasteiger partial charge in [-0.3, -0.25) is 4.79 Å². The van der Waals surface area contributed by atoms with Crippen molar-refractivity contribution in [3.63, 3.8) is 0 Å². The Labute approximate surface area is 97.0 Å². The van der Waals surface area contributed by atoms with Crippen LogP contribution in [0.25, 0.3) is 11.4 Å². The average Bonchev–Trinajstić information content (AvgIpc) is 2.91. The number of benzene rings is 1. The minimum Gasteiger partial charge on any atom is -0.468 e. The van der Waals surface area contributed by atoms with Crippen LogP contribution in [0, 0.1) is 0 Å². The van der Waals surface area contributed by atoms with Gasteiger partial charge in [-0.1, -0.05) is 18.2 Å². The van der Waals surface area contributed by atoms with Gasteiger partial charge in [0, 0.05) is 5.56 Å². The first-order valence-electron chi connectivity index (χ1n) is 4.89. The first-order valence-corrected chi connectivity index (χ1v) is 4.89. The van der Waals surface area contributed by atoms with Crippen LogP contribution >= 0.6 is 0 Å². The third-order valence-corrected chi connectivity index (χ3v) is 2.30. The molecular formula is C10H11N5O2. The summed E-state index contributed by atoms with van der Waals surface area (Å²) in [5.74, 6) is -0.0424. The summed E-state index contributed by atoms with van der Waals surface area (Å²) in [4.78, 5) is 11.3. The van der Waals surface area contributed by atoms with Gasteiger partial charge in [-0.25, -0.2) is 0 Å². The highest BCUT2D eigenvalue weighted by Crippen LogP contribution is 2.19. The Bertz CT molecular complexity index is 511. The van der Waals surface area contributed by atoms with Crippen LogP contribution in [0.3, 0.4) is 0 Å². The van der Waals surface area contributed by atoms with Crippen molar-refractivity contribution >= 4 is 5.97 Å². The normalized spacial score (nSPS) is 12.1. The maximum absolute atomic E-state index is 11.3. The van der Waals surface area contributed by atoms with Crippen LogP contribution in [0.2, 0.25) is 0 Å². The number of carbonyl (C=O) groups is 1. The van der Waals surface area contributed by atoms with Gasteiger partial charge in [-0.15, -0.1) is 10.2 Å². The molecule has 1 aromatic heterocycles. The van der Waals surface area contributed by atoms with Crippen molar-refractivity contribution in [2.75, 3.05) is 7.11 Å². The summed E-state index contributed by atoms with van der Waals surface area (Å²) in [5, 5.41) is 13.5. The second kappa shape index (κ2) is 4.71. The SMILES string of the molecule is COC(=O)C(N)c1cccc(-c2nn[nH]n2)c1. The van der Waals surface area contributed by atoms with E-state index in [4.69, 9.17) is 5.73 Å². The minimum atomic E-state index is -0.813. The molecule has 7 nitrogen and oxygen atoms in total. The fourth-order valence-corrected chi connectivity index (χ4v) is 1.42. The zero-order valence-corrected chi connectivity index (χ0v) is 9.12. The summed E-state index contributed by atoms with van der Waals surface area (Å²) in [6, 6.07) is 6.23. The molecule has 3 N–H and O–H groups in total. The lowest BCUT2D eigenvalue weighted by molar-refractivity contribution is -0.142. The van der Waals surface area contributed by atoms with Crippen LogP contribution in [0.15, 0.2) is 24.3 Å². The molecule has 0 bridgehead atoms. The number of rotatable bonds is 3. The van der Waals surface area contributed by atoms with Crippen LogP contribution in [-0.2, 0) is 9.53 Å². The lowest BCUT2D eigenvalue weighted by atomic mass is 10.0. The number of nitrogens with one attached hydrogen (secondary N) is 1. The first-order chi connectivity index (χ1) is 8.22. The Morgan fingerprint density at radius 2 is 2.35 bits per heavy atom. The van der Waals surface area contributed by atoms with Gasteiger partial charge < -0.3 is 10.5 Å². The second-order valence-corrected chi connectivity index (χ2v) is 3.36. The van der Waals surface area contributed by atoms with Gasteiger partial charge in [0.1, 0.15) is 6.04 Å². The fourth-order valence-electron chi connectivity index (χ4n) is 1.42. The van der Waals surface area contributed by atoms with Gasteiger partial charge in [0.2, 0.25) is 5.82 Å². The Morgan fingerprint density at radius 1 is 1.53 bits per heavy atom. The van der Waals surface area contributed by atoms with Crippen LogP contribution in [0.4, 0.5) is 0 Å². The Kier molecular flexibility index (Phi) is 3.10. The molecule has 17 heavy (non-hydrogen) atoms. The number of nitrogens with zero attached hydrogens (tertiary/aromatic N) is 3. The van der Waals surface area contributed by atoms with Crippen molar-refractivity contribution in [1.82, 2.24) is 20.6 Å². The predicted molar refractivity (Wildman–Crippen MR) is 58.6 cm³/mol. The average molecular weight is 233 g/mol. The summed E-state index contributed by atoms with van der Waals surface area (Å²) >= 11 is 0. The summed E-state index contributed by atoms with van der Waals surface area (Å²) in [6.45, 7) is 0. The van der Waals surface area contributed by atoms with Crippen LogP contribution in [0.5, 0.6) is 0 Å². The molecule has 0 aliphatic heterocycles. The molecule has 1 atom stereocenters. The van der Waals surface area contributed by atoms with E-state index < -0.39 is 12.0 Å². The number of hydrogen-bond donors (Lipinski definition) is 2. The van der Waals surface area contributed by atoms with Crippen molar-refractivity contribution in [3.05, 3.63) is 29.8 Å². The zero-order valence-electron chi connectivity index (χ0n) is 9.12. The molecule has 0 aliphatic rings. The van der Waals surface area contributed by atoms with E-state index in [2.05, 4.69) is 25.4 Å². The van der Waals surface area contributed by atoms with Crippen molar-refractivity contribution in [2.24, 2.45) is 5.73 Å². The number of carbonyl (C=O) groups excluding carboxylic acids is 1. The molecule has 0 saturated heterocycles. The Hall–Kier alpha value is -2.28. The molecule has 7 heteroatoms. The van der Waals surface area contributed by atoms with Crippen LogP contribution < -0.4 is 5.73 Å². The molecule has 1 heterocycles.